The third-order valence-corrected chi connectivity index (χ3v) is 3.91. The number of nitrogen functional groups attached to an aromatic ring is 1. The molecule has 5 heteroatoms. The SMILES string of the molecule is Nc1ccc(C(=O)N2CCCC2CCCO)cc1Cl. The lowest BCUT2D eigenvalue weighted by molar-refractivity contribution is 0.0724. The second kappa shape index (κ2) is 6.26. The number of carbonyl (C=O) groups is 1. The van der Waals surface area contributed by atoms with Gasteiger partial charge in [-0.1, -0.05) is 11.6 Å². The van der Waals surface area contributed by atoms with Crippen molar-refractivity contribution >= 4 is 23.2 Å². The third-order valence-electron chi connectivity index (χ3n) is 3.58. The number of aliphatic hydroxyl groups is 1. The first-order chi connectivity index (χ1) is 9.13. The molecule has 1 atom stereocenters. The number of aliphatic hydroxyl groups excluding tert-OH is 1. The number of hydrogen-bond donors (Lipinski definition) is 2. The van der Waals surface area contributed by atoms with Crippen molar-refractivity contribution in [2.45, 2.75) is 31.7 Å². The number of hydrogen-bond acceptors (Lipinski definition) is 3. The van der Waals surface area contributed by atoms with E-state index in [1.165, 1.54) is 0 Å². The van der Waals surface area contributed by atoms with Crippen molar-refractivity contribution in [3.05, 3.63) is 28.8 Å². The van der Waals surface area contributed by atoms with E-state index in [1.807, 2.05) is 4.90 Å². The van der Waals surface area contributed by atoms with Crippen LogP contribution in [-0.2, 0) is 0 Å². The number of anilines is 1. The lowest BCUT2D eigenvalue weighted by atomic mass is 10.1. The monoisotopic (exact) mass is 282 g/mol. The van der Waals surface area contributed by atoms with Crippen LogP contribution in [0.4, 0.5) is 5.69 Å². The van der Waals surface area contributed by atoms with E-state index in [-0.39, 0.29) is 18.6 Å². The first-order valence-corrected chi connectivity index (χ1v) is 6.98. The quantitative estimate of drug-likeness (QED) is 0.833. The van der Waals surface area contributed by atoms with Gasteiger partial charge in [-0.25, -0.2) is 0 Å². The minimum atomic E-state index is 0.00217. The highest BCUT2D eigenvalue weighted by Gasteiger charge is 2.28. The van der Waals surface area contributed by atoms with Gasteiger partial charge >= 0.3 is 0 Å². The number of benzene rings is 1. The van der Waals surface area contributed by atoms with E-state index >= 15 is 0 Å². The van der Waals surface area contributed by atoms with Crippen molar-refractivity contribution in [2.75, 3.05) is 18.9 Å². The number of amides is 1. The Morgan fingerprint density at radius 3 is 3.00 bits per heavy atom. The molecule has 1 saturated heterocycles. The second-order valence-corrected chi connectivity index (χ2v) is 5.30. The molecule has 0 saturated carbocycles. The summed E-state index contributed by atoms with van der Waals surface area (Å²) in [6.45, 7) is 0.948. The van der Waals surface area contributed by atoms with E-state index in [0.717, 1.165) is 32.2 Å². The highest BCUT2D eigenvalue weighted by Crippen LogP contribution is 2.26. The fourth-order valence-corrected chi connectivity index (χ4v) is 2.74. The molecule has 0 radical (unpaired) electrons. The van der Waals surface area contributed by atoms with E-state index in [4.69, 9.17) is 22.4 Å². The molecule has 1 aliphatic heterocycles. The van der Waals surface area contributed by atoms with Crippen molar-refractivity contribution < 1.29 is 9.90 Å². The Kier molecular flexibility index (Phi) is 4.66. The average molecular weight is 283 g/mol. The summed E-state index contributed by atoms with van der Waals surface area (Å²) in [6.07, 6.45) is 3.61. The molecule has 1 aromatic carbocycles. The lowest BCUT2D eigenvalue weighted by Gasteiger charge is -2.24. The first kappa shape index (κ1) is 14.2. The van der Waals surface area contributed by atoms with Gasteiger partial charge in [0.1, 0.15) is 0 Å². The maximum absolute atomic E-state index is 12.4. The van der Waals surface area contributed by atoms with Gasteiger partial charge in [0.2, 0.25) is 0 Å². The lowest BCUT2D eigenvalue weighted by Crippen LogP contribution is -2.35. The smallest absolute Gasteiger partial charge is 0.254 e. The topological polar surface area (TPSA) is 66.6 Å². The molecular weight excluding hydrogens is 264 g/mol. The van der Waals surface area contributed by atoms with E-state index in [1.54, 1.807) is 18.2 Å². The van der Waals surface area contributed by atoms with Crippen LogP contribution in [0.1, 0.15) is 36.0 Å². The molecule has 1 amide bonds. The number of halogens is 1. The van der Waals surface area contributed by atoms with Crippen molar-refractivity contribution in [3.8, 4) is 0 Å². The van der Waals surface area contributed by atoms with Crippen molar-refractivity contribution in [2.24, 2.45) is 0 Å². The van der Waals surface area contributed by atoms with Gasteiger partial charge in [0, 0.05) is 24.8 Å². The summed E-state index contributed by atoms with van der Waals surface area (Å²) >= 11 is 5.96. The number of likely N-dealkylation sites (tertiary alicyclic amines) is 1. The van der Waals surface area contributed by atoms with Crippen LogP contribution in [0.15, 0.2) is 18.2 Å². The molecule has 0 aliphatic carbocycles. The Labute approximate surface area is 118 Å². The largest absolute Gasteiger partial charge is 0.398 e. The predicted octanol–water partition coefficient (Wildman–Crippen LogP) is 2.30. The summed E-state index contributed by atoms with van der Waals surface area (Å²) in [5, 5.41) is 9.31. The summed E-state index contributed by atoms with van der Waals surface area (Å²) in [4.78, 5) is 14.3. The minimum Gasteiger partial charge on any atom is -0.398 e. The van der Waals surface area contributed by atoms with Crippen LogP contribution in [0.3, 0.4) is 0 Å². The Balaban J connectivity index is 2.11. The Morgan fingerprint density at radius 2 is 2.32 bits per heavy atom. The standard InChI is InChI=1S/C14H19ClN2O2/c15-12-9-10(5-6-13(12)16)14(19)17-7-1-3-11(17)4-2-8-18/h5-6,9,11,18H,1-4,7-8,16H2. The Hall–Kier alpha value is -1.26. The zero-order valence-corrected chi connectivity index (χ0v) is 11.6. The summed E-state index contributed by atoms with van der Waals surface area (Å²) in [5.41, 5.74) is 6.71. The van der Waals surface area contributed by atoms with E-state index in [9.17, 15) is 4.79 Å². The van der Waals surface area contributed by atoms with Gasteiger partial charge in [0.05, 0.1) is 10.7 Å². The molecule has 1 heterocycles. The van der Waals surface area contributed by atoms with Gasteiger partial charge in [0.25, 0.3) is 5.91 Å². The van der Waals surface area contributed by atoms with Crippen LogP contribution < -0.4 is 5.73 Å². The molecule has 0 bridgehead atoms. The average Bonchev–Trinajstić information content (AvgIpc) is 2.87. The molecule has 2 rings (SSSR count). The maximum atomic E-state index is 12.4. The summed E-state index contributed by atoms with van der Waals surface area (Å²) < 4.78 is 0. The van der Waals surface area contributed by atoms with Crippen LogP contribution in [0, 0.1) is 0 Å². The molecule has 1 unspecified atom stereocenters. The maximum Gasteiger partial charge on any atom is 0.254 e. The van der Waals surface area contributed by atoms with E-state index < -0.39 is 0 Å². The Morgan fingerprint density at radius 1 is 1.53 bits per heavy atom. The highest BCUT2D eigenvalue weighted by molar-refractivity contribution is 6.33. The van der Waals surface area contributed by atoms with Crippen molar-refractivity contribution in [3.63, 3.8) is 0 Å². The molecule has 0 spiro atoms. The molecule has 3 N–H and O–H groups in total. The van der Waals surface area contributed by atoms with Gasteiger partial charge < -0.3 is 15.7 Å². The molecule has 1 fully saturated rings. The number of carbonyl (C=O) groups excluding carboxylic acids is 1. The van der Waals surface area contributed by atoms with Crippen molar-refractivity contribution in [1.29, 1.82) is 0 Å². The fourth-order valence-electron chi connectivity index (χ4n) is 2.56. The summed E-state index contributed by atoms with van der Waals surface area (Å²) in [7, 11) is 0. The Bertz CT molecular complexity index is 465. The molecular formula is C14H19ClN2O2. The predicted molar refractivity (Wildman–Crippen MR) is 76.2 cm³/mol. The van der Waals surface area contributed by atoms with Crippen LogP contribution in [0.25, 0.3) is 0 Å². The molecule has 1 aliphatic rings. The first-order valence-electron chi connectivity index (χ1n) is 6.60. The number of rotatable bonds is 4. The normalized spacial score (nSPS) is 18.8. The van der Waals surface area contributed by atoms with Crippen LogP contribution in [0.5, 0.6) is 0 Å². The highest BCUT2D eigenvalue weighted by atomic mass is 35.5. The third kappa shape index (κ3) is 3.19. The van der Waals surface area contributed by atoms with Gasteiger partial charge in [-0.15, -0.1) is 0 Å². The van der Waals surface area contributed by atoms with Gasteiger partial charge in [0.15, 0.2) is 0 Å². The molecule has 104 valence electrons. The summed E-state index contributed by atoms with van der Waals surface area (Å²) in [5.74, 6) is 0.00217. The molecule has 4 nitrogen and oxygen atoms in total. The summed E-state index contributed by atoms with van der Waals surface area (Å²) in [6, 6.07) is 5.23. The van der Waals surface area contributed by atoms with Crippen LogP contribution in [0.2, 0.25) is 5.02 Å². The fraction of sp³-hybridized carbons (Fsp3) is 0.500. The van der Waals surface area contributed by atoms with Crippen molar-refractivity contribution in [1.82, 2.24) is 4.90 Å². The zero-order chi connectivity index (χ0) is 13.8. The van der Waals surface area contributed by atoms with Gasteiger partial charge in [-0.05, 0) is 43.9 Å². The second-order valence-electron chi connectivity index (χ2n) is 4.90. The van der Waals surface area contributed by atoms with E-state index in [2.05, 4.69) is 0 Å². The van der Waals surface area contributed by atoms with Crippen LogP contribution >= 0.6 is 11.6 Å². The molecule has 1 aromatic rings. The number of nitrogens with zero attached hydrogens (tertiary/aromatic N) is 1. The molecule has 0 aromatic heterocycles. The van der Waals surface area contributed by atoms with Gasteiger partial charge in [-0.2, -0.15) is 0 Å². The number of nitrogens with two attached hydrogens (primary N) is 1. The van der Waals surface area contributed by atoms with E-state index in [0.29, 0.717) is 16.3 Å². The van der Waals surface area contributed by atoms with Crippen LogP contribution in [-0.4, -0.2) is 35.1 Å². The minimum absolute atomic E-state index is 0.00217. The molecule has 19 heavy (non-hydrogen) atoms. The van der Waals surface area contributed by atoms with Gasteiger partial charge in [-0.3, -0.25) is 4.79 Å². The zero-order valence-electron chi connectivity index (χ0n) is 10.8.